The highest BCUT2D eigenvalue weighted by molar-refractivity contribution is 5.99. The fourth-order valence-electron chi connectivity index (χ4n) is 2.92. The highest BCUT2D eigenvalue weighted by atomic mass is 16.1. The minimum atomic E-state index is -0.0815. The zero-order valence-corrected chi connectivity index (χ0v) is 12.0. The molecule has 1 aliphatic rings. The third-order valence-electron chi connectivity index (χ3n) is 4.06. The van der Waals surface area contributed by atoms with Gasteiger partial charge in [-0.1, -0.05) is 19.3 Å². The average Bonchev–Trinajstić information content (AvgIpc) is 2.97. The minimum absolute atomic E-state index is 0.0815. The summed E-state index contributed by atoms with van der Waals surface area (Å²) in [4.78, 5) is 16.3. The highest BCUT2D eigenvalue weighted by Crippen LogP contribution is 2.27. The summed E-state index contributed by atoms with van der Waals surface area (Å²) in [7, 11) is 0. The molecular formula is C16H20N4O. The molecule has 2 aromatic heterocycles. The summed E-state index contributed by atoms with van der Waals surface area (Å²) >= 11 is 0. The molecule has 2 aromatic rings. The molecule has 1 fully saturated rings. The number of anilines is 1. The molecule has 0 amide bonds. The van der Waals surface area contributed by atoms with Crippen LogP contribution >= 0.6 is 0 Å². The summed E-state index contributed by atoms with van der Waals surface area (Å²) in [5.74, 6) is -0.0815. The lowest BCUT2D eigenvalue weighted by Crippen LogP contribution is -2.14. The van der Waals surface area contributed by atoms with E-state index in [-0.39, 0.29) is 12.2 Å². The monoisotopic (exact) mass is 284 g/mol. The molecule has 3 rings (SSSR count). The average molecular weight is 284 g/mol. The van der Waals surface area contributed by atoms with Crippen molar-refractivity contribution < 1.29 is 4.79 Å². The van der Waals surface area contributed by atoms with Crippen LogP contribution in [0.4, 0.5) is 5.69 Å². The molecule has 0 aromatic carbocycles. The molecule has 1 aliphatic carbocycles. The summed E-state index contributed by atoms with van der Waals surface area (Å²) in [5.41, 5.74) is 7.34. The summed E-state index contributed by atoms with van der Waals surface area (Å²) < 4.78 is 2.02. The lowest BCUT2D eigenvalue weighted by Gasteiger charge is -2.21. The SMILES string of the molecule is Nc1cccnc1C(=O)Cc1ccn(C2CCCCC2)n1. The summed E-state index contributed by atoms with van der Waals surface area (Å²) in [5, 5.41) is 4.56. The van der Waals surface area contributed by atoms with Gasteiger partial charge in [-0.15, -0.1) is 0 Å². The minimum Gasteiger partial charge on any atom is -0.397 e. The van der Waals surface area contributed by atoms with Crippen LogP contribution in [0.3, 0.4) is 0 Å². The topological polar surface area (TPSA) is 73.8 Å². The van der Waals surface area contributed by atoms with Gasteiger partial charge in [-0.3, -0.25) is 14.5 Å². The second kappa shape index (κ2) is 6.08. The number of nitrogen functional groups attached to an aromatic ring is 1. The van der Waals surface area contributed by atoms with E-state index in [9.17, 15) is 4.79 Å². The molecule has 5 heteroatoms. The predicted octanol–water partition coefficient (Wildman–Crippen LogP) is 2.79. The molecule has 5 nitrogen and oxygen atoms in total. The first kappa shape index (κ1) is 13.8. The molecule has 110 valence electrons. The third-order valence-corrected chi connectivity index (χ3v) is 4.06. The molecule has 2 N–H and O–H groups in total. The van der Waals surface area contributed by atoms with Crippen LogP contribution in [0.15, 0.2) is 30.6 Å². The largest absolute Gasteiger partial charge is 0.397 e. The summed E-state index contributed by atoms with van der Waals surface area (Å²) in [6, 6.07) is 5.83. The molecule has 0 unspecified atom stereocenters. The number of rotatable bonds is 4. The maximum atomic E-state index is 12.2. The normalized spacial score (nSPS) is 16.0. The number of hydrogen-bond donors (Lipinski definition) is 1. The van der Waals surface area contributed by atoms with Gasteiger partial charge in [0.15, 0.2) is 5.78 Å². The Morgan fingerprint density at radius 2 is 2.10 bits per heavy atom. The predicted molar refractivity (Wildman–Crippen MR) is 81.0 cm³/mol. The maximum Gasteiger partial charge on any atom is 0.189 e. The van der Waals surface area contributed by atoms with Gasteiger partial charge in [0.2, 0.25) is 0 Å². The van der Waals surface area contributed by atoms with Gasteiger partial charge in [0.25, 0.3) is 0 Å². The van der Waals surface area contributed by atoms with E-state index in [1.54, 1.807) is 18.3 Å². The van der Waals surface area contributed by atoms with Crippen molar-refractivity contribution >= 4 is 11.5 Å². The first-order valence-electron chi connectivity index (χ1n) is 7.52. The zero-order chi connectivity index (χ0) is 14.7. The highest BCUT2D eigenvalue weighted by Gasteiger charge is 2.18. The number of Topliss-reactive ketones (excluding diaryl/α,β-unsaturated/α-hetero) is 1. The van der Waals surface area contributed by atoms with Crippen LogP contribution in [0.25, 0.3) is 0 Å². The number of hydrogen-bond acceptors (Lipinski definition) is 4. The molecule has 1 saturated carbocycles. The molecule has 0 aliphatic heterocycles. The van der Waals surface area contributed by atoms with E-state index < -0.39 is 0 Å². The number of nitrogens with two attached hydrogens (primary N) is 1. The van der Waals surface area contributed by atoms with Gasteiger partial charge >= 0.3 is 0 Å². The Morgan fingerprint density at radius 1 is 1.29 bits per heavy atom. The molecule has 0 radical (unpaired) electrons. The summed E-state index contributed by atoms with van der Waals surface area (Å²) in [6.07, 6.45) is 10.0. The number of carbonyl (C=O) groups excluding carboxylic acids is 1. The van der Waals surface area contributed by atoms with Gasteiger partial charge in [-0.25, -0.2) is 0 Å². The Bertz CT molecular complexity index is 629. The van der Waals surface area contributed by atoms with Gasteiger partial charge in [0.1, 0.15) is 5.69 Å². The molecular weight excluding hydrogens is 264 g/mol. The van der Waals surface area contributed by atoms with Gasteiger partial charge in [-0.05, 0) is 31.0 Å². The maximum absolute atomic E-state index is 12.2. The van der Waals surface area contributed by atoms with E-state index in [4.69, 9.17) is 5.73 Å². The van der Waals surface area contributed by atoms with E-state index in [0.717, 1.165) is 5.69 Å². The van der Waals surface area contributed by atoms with Crippen LogP contribution in [0.5, 0.6) is 0 Å². The van der Waals surface area contributed by atoms with Crippen LogP contribution in [0.2, 0.25) is 0 Å². The van der Waals surface area contributed by atoms with Crippen molar-refractivity contribution in [2.24, 2.45) is 0 Å². The van der Waals surface area contributed by atoms with E-state index in [0.29, 0.717) is 17.4 Å². The third kappa shape index (κ3) is 3.12. The molecule has 0 atom stereocenters. The van der Waals surface area contributed by atoms with Gasteiger partial charge in [-0.2, -0.15) is 5.10 Å². The van der Waals surface area contributed by atoms with Crippen LogP contribution in [-0.2, 0) is 6.42 Å². The van der Waals surface area contributed by atoms with Crippen molar-refractivity contribution in [1.29, 1.82) is 0 Å². The van der Waals surface area contributed by atoms with Crippen LogP contribution in [0, 0.1) is 0 Å². The van der Waals surface area contributed by atoms with Crippen molar-refractivity contribution in [1.82, 2.24) is 14.8 Å². The first-order chi connectivity index (χ1) is 10.2. The van der Waals surface area contributed by atoms with E-state index in [1.165, 1.54) is 32.1 Å². The Labute approximate surface area is 124 Å². The van der Waals surface area contributed by atoms with Gasteiger partial charge in [0, 0.05) is 12.4 Å². The zero-order valence-electron chi connectivity index (χ0n) is 12.0. The quantitative estimate of drug-likeness (QED) is 0.876. The molecule has 0 bridgehead atoms. The Hall–Kier alpha value is -2.17. The Balaban J connectivity index is 1.69. The molecule has 2 heterocycles. The lowest BCUT2D eigenvalue weighted by atomic mass is 9.96. The van der Waals surface area contributed by atoms with Crippen molar-refractivity contribution in [3.8, 4) is 0 Å². The van der Waals surface area contributed by atoms with E-state index in [1.807, 2.05) is 16.9 Å². The van der Waals surface area contributed by atoms with Crippen LogP contribution in [-0.4, -0.2) is 20.5 Å². The van der Waals surface area contributed by atoms with Crippen molar-refractivity contribution in [2.45, 2.75) is 44.6 Å². The molecule has 0 saturated heterocycles. The standard InChI is InChI=1S/C16H20N4O/c17-14-7-4-9-18-16(14)15(21)11-12-8-10-20(19-12)13-5-2-1-3-6-13/h4,7-10,13H,1-3,5-6,11,17H2. The first-order valence-corrected chi connectivity index (χ1v) is 7.52. The number of aromatic nitrogens is 3. The van der Waals surface area contributed by atoms with E-state index >= 15 is 0 Å². The smallest absolute Gasteiger partial charge is 0.189 e. The second-order valence-electron chi connectivity index (χ2n) is 5.62. The molecule has 21 heavy (non-hydrogen) atoms. The molecule has 0 spiro atoms. The number of ketones is 1. The van der Waals surface area contributed by atoms with Gasteiger partial charge in [0.05, 0.1) is 23.8 Å². The Kier molecular flexibility index (Phi) is 3.99. The van der Waals surface area contributed by atoms with Crippen molar-refractivity contribution in [3.63, 3.8) is 0 Å². The number of carbonyl (C=O) groups is 1. The number of nitrogens with zero attached hydrogens (tertiary/aromatic N) is 3. The van der Waals surface area contributed by atoms with Gasteiger partial charge < -0.3 is 5.73 Å². The lowest BCUT2D eigenvalue weighted by molar-refractivity contribution is 0.0988. The summed E-state index contributed by atoms with van der Waals surface area (Å²) in [6.45, 7) is 0. The van der Waals surface area contributed by atoms with Crippen LogP contribution in [0.1, 0.15) is 54.3 Å². The van der Waals surface area contributed by atoms with Crippen molar-refractivity contribution in [3.05, 3.63) is 42.0 Å². The number of pyridine rings is 1. The fraction of sp³-hybridized carbons (Fsp3) is 0.438. The Morgan fingerprint density at radius 3 is 2.86 bits per heavy atom. The fourth-order valence-corrected chi connectivity index (χ4v) is 2.92. The van der Waals surface area contributed by atoms with Crippen molar-refractivity contribution in [2.75, 3.05) is 5.73 Å². The second-order valence-corrected chi connectivity index (χ2v) is 5.62. The van der Waals surface area contributed by atoms with E-state index in [2.05, 4.69) is 10.1 Å². The van der Waals surface area contributed by atoms with Crippen LogP contribution < -0.4 is 5.73 Å².